The van der Waals surface area contributed by atoms with E-state index in [1.165, 1.54) is 12.1 Å². The molecule has 5 nitrogen and oxygen atoms in total. The number of nitrogens with zero attached hydrogens (tertiary/aromatic N) is 2. The Bertz CT molecular complexity index is 545. The van der Waals surface area contributed by atoms with Crippen molar-refractivity contribution in [2.24, 2.45) is 5.92 Å². The van der Waals surface area contributed by atoms with Crippen LogP contribution >= 0.6 is 0 Å². The summed E-state index contributed by atoms with van der Waals surface area (Å²) in [6.07, 6.45) is 0.269. The maximum absolute atomic E-state index is 13.0. The van der Waals surface area contributed by atoms with E-state index in [0.29, 0.717) is 13.1 Å². The summed E-state index contributed by atoms with van der Waals surface area (Å²) in [5.74, 6) is -0.666. The van der Waals surface area contributed by atoms with Gasteiger partial charge in [0.15, 0.2) is 0 Å². The van der Waals surface area contributed by atoms with Crippen LogP contribution in [0.15, 0.2) is 24.3 Å². The molecule has 0 spiro atoms. The molecule has 1 aliphatic rings. The Morgan fingerprint density at radius 1 is 1.41 bits per heavy atom. The average Bonchev–Trinajstić information content (AvgIpc) is 2.80. The third-order valence-electron chi connectivity index (χ3n) is 4.06. The predicted molar refractivity (Wildman–Crippen MR) is 81.6 cm³/mol. The fourth-order valence-electron chi connectivity index (χ4n) is 2.66. The SMILES string of the molecule is CN1C[C@H](C(=O)NC[C@H](c2ccc(F)cc2)N(C)C)CC1=O. The van der Waals surface area contributed by atoms with Crippen LogP contribution < -0.4 is 5.32 Å². The second kappa shape index (κ2) is 6.87. The number of likely N-dealkylation sites (N-methyl/N-ethyl adjacent to an activating group) is 1. The topological polar surface area (TPSA) is 52.7 Å². The minimum atomic E-state index is -0.284. The molecule has 1 N–H and O–H groups in total. The molecule has 0 saturated carbocycles. The van der Waals surface area contributed by atoms with Gasteiger partial charge in [-0.05, 0) is 31.8 Å². The summed E-state index contributed by atoms with van der Waals surface area (Å²) in [5, 5.41) is 2.91. The van der Waals surface area contributed by atoms with Crippen molar-refractivity contribution in [1.82, 2.24) is 15.1 Å². The highest BCUT2D eigenvalue weighted by molar-refractivity contribution is 5.89. The van der Waals surface area contributed by atoms with Crippen LogP contribution in [0.2, 0.25) is 0 Å². The van der Waals surface area contributed by atoms with Crippen molar-refractivity contribution < 1.29 is 14.0 Å². The molecular formula is C16H22FN3O2. The van der Waals surface area contributed by atoms with Crippen LogP contribution in [0.5, 0.6) is 0 Å². The minimum Gasteiger partial charge on any atom is -0.354 e. The Morgan fingerprint density at radius 2 is 2.05 bits per heavy atom. The molecular weight excluding hydrogens is 285 g/mol. The molecule has 1 saturated heterocycles. The molecule has 1 aromatic rings. The second-order valence-electron chi connectivity index (χ2n) is 5.95. The lowest BCUT2D eigenvalue weighted by molar-refractivity contribution is -0.128. The normalized spacial score (nSPS) is 19.6. The highest BCUT2D eigenvalue weighted by Crippen LogP contribution is 2.19. The van der Waals surface area contributed by atoms with Gasteiger partial charge in [0.1, 0.15) is 5.82 Å². The van der Waals surface area contributed by atoms with Gasteiger partial charge in [-0.3, -0.25) is 9.59 Å². The van der Waals surface area contributed by atoms with Gasteiger partial charge in [0.2, 0.25) is 11.8 Å². The quantitative estimate of drug-likeness (QED) is 0.884. The Morgan fingerprint density at radius 3 is 2.55 bits per heavy atom. The smallest absolute Gasteiger partial charge is 0.225 e. The summed E-state index contributed by atoms with van der Waals surface area (Å²) in [5.41, 5.74) is 0.936. The number of carbonyl (C=O) groups excluding carboxylic acids is 2. The third-order valence-corrected chi connectivity index (χ3v) is 4.06. The first-order valence-electron chi connectivity index (χ1n) is 7.32. The third kappa shape index (κ3) is 3.82. The lowest BCUT2D eigenvalue weighted by Crippen LogP contribution is -2.38. The Balaban J connectivity index is 1.96. The average molecular weight is 307 g/mol. The van der Waals surface area contributed by atoms with E-state index in [9.17, 15) is 14.0 Å². The van der Waals surface area contributed by atoms with Gasteiger partial charge in [0.05, 0.1) is 12.0 Å². The molecule has 0 radical (unpaired) electrons. The van der Waals surface area contributed by atoms with Crippen molar-refractivity contribution in [2.75, 3.05) is 34.2 Å². The van der Waals surface area contributed by atoms with Gasteiger partial charge in [-0.2, -0.15) is 0 Å². The van der Waals surface area contributed by atoms with Gasteiger partial charge in [0.25, 0.3) is 0 Å². The van der Waals surface area contributed by atoms with Crippen LogP contribution in [0.1, 0.15) is 18.0 Å². The number of hydrogen-bond acceptors (Lipinski definition) is 3. The van der Waals surface area contributed by atoms with Crippen molar-refractivity contribution in [3.05, 3.63) is 35.6 Å². The lowest BCUT2D eigenvalue weighted by atomic mass is 10.0. The maximum Gasteiger partial charge on any atom is 0.225 e. The van der Waals surface area contributed by atoms with E-state index in [4.69, 9.17) is 0 Å². The molecule has 22 heavy (non-hydrogen) atoms. The second-order valence-corrected chi connectivity index (χ2v) is 5.95. The molecule has 2 atom stereocenters. The predicted octanol–water partition coefficient (Wildman–Crippen LogP) is 1.02. The molecule has 1 fully saturated rings. The van der Waals surface area contributed by atoms with E-state index >= 15 is 0 Å². The first-order valence-corrected chi connectivity index (χ1v) is 7.32. The fraction of sp³-hybridized carbons (Fsp3) is 0.500. The first-order chi connectivity index (χ1) is 10.4. The van der Waals surface area contributed by atoms with E-state index in [2.05, 4.69) is 5.32 Å². The molecule has 1 heterocycles. The molecule has 2 rings (SSSR count). The lowest BCUT2D eigenvalue weighted by Gasteiger charge is -2.25. The maximum atomic E-state index is 13.0. The molecule has 0 aromatic heterocycles. The molecule has 0 bridgehead atoms. The summed E-state index contributed by atoms with van der Waals surface area (Å²) in [4.78, 5) is 27.2. The van der Waals surface area contributed by atoms with Crippen molar-refractivity contribution >= 4 is 11.8 Å². The van der Waals surface area contributed by atoms with Crippen LogP contribution in [0, 0.1) is 11.7 Å². The number of hydrogen-bond donors (Lipinski definition) is 1. The molecule has 6 heteroatoms. The van der Waals surface area contributed by atoms with Gasteiger partial charge in [-0.25, -0.2) is 4.39 Å². The number of rotatable bonds is 5. The summed E-state index contributed by atoms with van der Waals surface area (Å²) < 4.78 is 13.0. The Kier molecular flexibility index (Phi) is 5.13. The van der Waals surface area contributed by atoms with Crippen LogP contribution in [-0.4, -0.2) is 55.8 Å². The standard InChI is InChI=1S/C16H22FN3O2/c1-19(2)14(11-4-6-13(17)7-5-11)9-18-16(22)12-8-15(21)20(3)10-12/h4-7,12,14H,8-10H2,1-3H3,(H,18,22)/t12-,14-/m1/s1. The zero-order chi connectivity index (χ0) is 16.3. The molecule has 120 valence electrons. The van der Waals surface area contributed by atoms with Crippen LogP contribution in [0.4, 0.5) is 4.39 Å². The van der Waals surface area contributed by atoms with Crippen molar-refractivity contribution in [3.63, 3.8) is 0 Å². The summed E-state index contributed by atoms with van der Waals surface area (Å²) in [6.45, 7) is 0.889. The Labute approximate surface area is 130 Å². The Hall–Kier alpha value is -1.95. The number of carbonyl (C=O) groups is 2. The number of halogens is 1. The fourth-order valence-corrected chi connectivity index (χ4v) is 2.66. The molecule has 0 unspecified atom stereocenters. The molecule has 0 aliphatic carbocycles. The largest absolute Gasteiger partial charge is 0.354 e. The van der Waals surface area contributed by atoms with E-state index < -0.39 is 0 Å². The first kappa shape index (κ1) is 16.4. The zero-order valence-electron chi connectivity index (χ0n) is 13.2. The highest BCUT2D eigenvalue weighted by Gasteiger charge is 2.32. The summed E-state index contributed by atoms with van der Waals surface area (Å²) >= 11 is 0. The number of nitrogens with one attached hydrogen (secondary N) is 1. The van der Waals surface area contributed by atoms with E-state index in [-0.39, 0.29) is 36.0 Å². The van der Waals surface area contributed by atoms with Crippen molar-refractivity contribution in [3.8, 4) is 0 Å². The summed E-state index contributed by atoms with van der Waals surface area (Å²) in [7, 11) is 5.52. The van der Waals surface area contributed by atoms with Gasteiger partial charge in [0, 0.05) is 26.6 Å². The van der Waals surface area contributed by atoms with E-state index in [0.717, 1.165) is 5.56 Å². The zero-order valence-corrected chi connectivity index (χ0v) is 13.2. The monoisotopic (exact) mass is 307 g/mol. The molecule has 2 amide bonds. The van der Waals surface area contributed by atoms with Crippen LogP contribution in [0.3, 0.4) is 0 Å². The van der Waals surface area contributed by atoms with Crippen molar-refractivity contribution in [2.45, 2.75) is 12.5 Å². The number of amides is 2. The van der Waals surface area contributed by atoms with Crippen molar-refractivity contribution in [1.29, 1.82) is 0 Å². The van der Waals surface area contributed by atoms with E-state index in [1.807, 2.05) is 19.0 Å². The number of benzene rings is 1. The van der Waals surface area contributed by atoms with Gasteiger partial charge >= 0.3 is 0 Å². The highest BCUT2D eigenvalue weighted by atomic mass is 19.1. The number of likely N-dealkylation sites (tertiary alicyclic amines) is 1. The molecule has 1 aromatic carbocycles. The van der Waals surface area contributed by atoms with E-state index in [1.54, 1.807) is 24.1 Å². The minimum absolute atomic E-state index is 0.00263. The van der Waals surface area contributed by atoms with Gasteiger partial charge in [-0.15, -0.1) is 0 Å². The van der Waals surface area contributed by atoms with Gasteiger partial charge < -0.3 is 15.1 Å². The summed E-state index contributed by atoms with van der Waals surface area (Å²) in [6, 6.07) is 6.23. The van der Waals surface area contributed by atoms with Gasteiger partial charge in [-0.1, -0.05) is 12.1 Å². The molecule has 1 aliphatic heterocycles. The van der Waals surface area contributed by atoms with Crippen LogP contribution in [0.25, 0.3) is 0 Å². The van der Waals surface area contributed by atoms with Crippen LogP contribution in [-0.2, 0) is 9.59 Å².